The average molecular weight is 455 g/mol. The van der Waals surface area contributed by atoms with E-state index in [1.807, 2.05) is 91.0 Å². The molecule has 6 heteroatoms. The first-order valence-corrected chi connectivity index (χ1v) is 11.4. The van der Waals surface area contributed by atoms with E-state index in [4.69, 9.17) is 4.74 Å². The Morgan fingerprint density at radius 3 is 2.00 bits per heavy atom. The minimum atomic E-state index is -1.36. The van der Waals surface area contributed by atoms with Crippen LogP contribution in [-0.2, 0) is 32.1 Å². The van der Waals surface area contributed by atoms with Gasteiger partial charge in [-0.2, -0.15) is 0 Å². The second-order valence-electron chi connectivity index (χ2n) is 8.91. The third kappa shape index (κ3) is 3.60. The lowest BCUT2D eigenvalue weighted by Gasteiger charge is -2.32. The Balaban J connectivity index is 1.61. The number of carbonyl (C=O) groups excluding carboxylic acids is 3. The van der Waals surface area contributed by atoms with Gasteiger partial charge in [0.25, 0.3) is 0 Å². The van der Waals surface area contributed by atoms with Crippen LogP contribution in [0.4, 0.5) is 0 Å². The molecule has 3 aromatic rings. The molecule has 172 valence electrons. The molecule has 4 atom stereocenters. The molecule has 2 heterocycles. The van der Waals surface area contributed by atoms with E-state index in [1.165, 1.54) is 12.0 Å². The van der Waals surface area contributed by atoms with E-state index in [1.54, 1.807) is 0 Å². The van der Waals surface area contributed by atoms with Crippen molar-refractivity contribution in [2.24, 2.45) is 11.8 Å². The summed E-state index contributed by atoms with van der Waals surface area (Å²) in [7, 11) is 1.32. The van der Waals surface area contributed by atoms with Gasteiger partial charge < -0.3 is 4.74 Å². The van der Waals surface area contributed by atoms with Crippen molar-refractivity contribution in [3.8, 4) is 0 Å². The number of ether oxygens (including phenoxy) is 1. The van der Waals surface area contributed by atoms with Crippen LogP contribution in [0, 0.1) is 11.8 Å². The van der Waals surface area contributed by atoms with Crippen LogP contribution in [0.25, 0.3) is 0 Å². The van der Waals surface area contributed by atoms with Crippen LogP contribution in [0.3, 0.4) is 0 Å². The third-order valence-electron chi connectivity index (χ3n) is 6.96. The summed E-state index contributed by atoms with van der Waals surface area (Å²) in [5.74, 6) is -2.72. The van der Waals surface area contributed by atoms with Crippen LogP contribution in [0.5, 0.6) is 0 Å². The van der Waals surface area contributed by atoms with Gasteiger partial charge in [0.05, 0.1) is 25.5 Å². The van der Waals surface area contributed by atoms with Crippen molar-refractivity contribution < 1.29 is 19.1 Å². The monoisotopic (exact) mass is 454 g/mol. The molecule has 2 amide bonds. The number of rotatable bonds is 6. The van der Waals surface area contributed by atoms with E-state index in [-0.39, 0.29) is 24.8 Å². The fourth-order valence-electron chi connectivity index (χ4n) is 5.45. The molecule has 0 unspecified atom stereocenters. The SMILES string of the molecule is COC(=O)[C@]1(Cc2ccccc2)N[C@@H](c2ccccc2)[C@H]2C(=O)N(Cc3ccccc3)C(=O)[C@H]21. The molecule has 0 aromatic heterocycles. The highest BCUT2D eigenvalue weighted by atomic mass is 16.5. The van der Waals surface area contributed by atoms with Gasteiger partial charge in [0.2, 0.25) is 11.8 Å². The van der Waals surface area contributed by atoms with Crippen LogP contribution in [0.15, 0.2) is 91.0 Å². The number of hydrogen-bond donors (Lipinski definition) is 1. The Hall–Kier alpha value is -3.77. The van der Waals surface area contributed by atoms with E-state index in [2.05, 4.69) is 5.32 Å². The standard InChI is InChI=1S/C28H26N2O4/c1-34-27(33)28(17-19-11-5-2-6-12-19)23-22(24(29-28)21-15-9-4-10-16-21)25(31)30(26(23)32)18-20-13-7-3-8-14-20/h2-16,22-24,29H,17-18H2,1H3/t22-,23-,24-,28+/m0/s1. The molecular formula is C28H26N2O4. The van der Waals surface area contributed by atoms with Crippen molar-refractivity contribution in [2.45, 2.75) is 24.5 Å². The average Bonchev–Trinajstić information content (AvgIpc) is 3.35. The number of imide groups is 1. The van der Waals surface area contributed by atoms with Crippen molar-refractivity contribution in [1.29, 1.82) is 0 Å². The van der Waals surface area contributed by atoms with Crippen LogP contribution in [-0.4, -0.2) is 35.3 Å². The lowest BCUT2D eigenvalue weighted by Crippen LogP contribution is -2.57. The Kier molecular flexibility index (Phi) is 5.75. The van der Waals surface area contributed by atoms with Crippen LogP contribution < -0.4 is 5.32 Å². The Morgan fingerprint density at radius 2 is 1.41 bits per heavy atom. The Labute approximate surface area is 198 Å². The number of nitrogens with zero attached hydrogens (tertiary/aromatic N) is 1. The number of benzene rings is 3. The second-order valence-corrected chi connectivity index (χ2v) is 8.91. The molecule has 6 nitrogen and oxygen atoms in total. The number of methoxy groups -OCH3 is 1. The number of hydrogen-bond acceptors (Lipinski definition) is 5. The smallest absolute Gasteiger partial charge is 0.327 e. The number of nitrogens with one attached hydrogen (secondary N) is 1. The highest BCUT2D eigenvalue weighted by Gasteiger charge is 2.68. The molecule has 2 fully saturated rings. The van der Waals surface area contributed by atoms with Gasteiger partial charge in [0.15, 0.2) is 0 Å². The van der Waals surface area contributed by atoms with Gasteiger partial charge in [-0.15, -0.1) is 0 Å². The van der Waals surface area contributed by atoms with E-state index in [0.717, 1.165) is 16.7 Å². The van der Waals surface area contributed by atoms with E-state index >= 15 is 0 Å². The van der Waals surface area contributed by atoms with Crippen molar-refractivity contribution in [2.75, 3.05) is 7.11 Å². The van der Waals surface area contributed by atoms with Gasteiger partial charge >= 0.3 is 5.97 Å². The lowest BCUT2D eigenvalue weighted by molar-refractivity contribution is -0.154. The fourth-order valence-corrected chi connectivity index (χ4v) is 5.45. The molecule has 5 rings (SSSR count). The zero-order chi connectivity index (χ0) is 23.7. The highest BCUT2D eigenvalue weighted by Crippen LogP contribution is 2.50. The van der Waals surface area contributed by atoms with Crippen molar-refractivity contribution in [3.05, 3.63) is 108 Å². The third-order valence-corrected chi connectivity index (χ3v) is 6.96. The first kappa shape index (κ1) is 22.0. The quantitative estimate of drug-likeness (QED) is 0.457. The van der Waals surface area contributed by atoms with Gasteiger partial charge in [-0.25, -0.2) is 0 Å². The zero-order valence-corrected chi connectivity index (χ0v) is 18.9. The summed E-state index contributed by atoms with van der Waals surface area (Å²) in [6, 6.07) is 28.0. The largest absolute Gasteiger partial charge is 0.468 e. The number of fused-ring (bicyclic) bond motifs is 1. The highest BCUT2D eigenvalue weighted by molar-refractivity contribution is 6.09. The molecule has 1 N–H and O–H groups in total. The summed E-state index contributed by atoms with van der Waals surface area (Å²) in [6.07, 6.45) is 0.239. The molecule has 2 saturated heterocycles. The molecule has 0 spiro atoms. The molecule has 2 aliphatic heterocycles. The summed E-state index contributed by atoms with van der Waals surface area (Å²) in [4.78, 5) is 42.3. The number of likely N-dealkylation sites (tertiary alicyclic amines) is 1. The van der Waals surface area contributed by atoms with Gasteiger partial charge in [0, 0.05) is 12.5 Å². The van der Waals surface area contributed by atoms with E-state index < -0.39 is 29.4 Å². The van der Waals surface area contributed by atoms with Gasteiger partial charge in [-0.05, 0) is 16.7 Å². The molecule has 0 radical (unpaired) electrons. The topological polar surface area (TPSA) is 75.7 Å². The maximum Gasteiger partial charge on any atom is 0.327 e. The van der Waals surface area contributed by atoms with Gasteiger partial charge in [-0.1, -0.05) is 91.0 Å². The minimum Gasteiger partial charge on any atom is -0.468 e. The van der Waals surface area contributed by atoms with Gasteiger partial charge in [0.1, 0.15) is 5.54 Å². The Bertz CT molecular complexity index is 1200. The van der Waals surface area contributed by atoms with Crippen molar-refractivity contribution in [3.63, 3.8) is 0 Å². The van der Waals surface area contributed by atoms with E-state index in [9.17, 15) is 14.4 Å². The molecule has 34 heavy (non-hydrogen) atoms. The maximum atomic E-state index is 13.9. The Morgan fingerprint density at radius 1 is 0.853 bits per heavy atom. The molecular weight excluding hydrogens is 428 g/mol. The predicted molar refractivity (Wildman–Crippen MR) is 126 cm³/mol. The predicted octanol–water partition coefficient (Wildman–Crippen LogP) is 3.29. The molecule has 3 aromatic carbocycles. The normalized spacial score (nSPS) is 25.9. The fraction of sp³-hybridized carbons (Fsp3) is 0.250. The number of esters is 1. The van der Waals surface area contributed by atoms with Crippen LogP contribution in [0.2, 0.25) is 0 Å². The van der Waals surface area contributed by atoms with E-state index in [0.29, 0.717) is 0 Å². The van der Waals surface area contributed by atoms with Crippen molar-refractivity contribution >= 4 is 17.8 Å². The van der Waals surface area contributed by atoms with Gasteiger partial charge in [-0.3, -0.25) is 24.6 Å². The summed E-state index contributed by atoms with van der Waals surface area (Å²) in [5.41, 5.74) is 1.24. The molecule has 2 aliphatic rings. The first-order valence-electron chi connectivity index (χ1n) is 11.4. The summed E-state index contributed by atoms with van der Waals surface area (Å²) in [6.45, 7) is 0.176. The molecule has 0 aliphatic carbocycles. The lowest BCUT2D eigenvalue weighted by atomic mass is 9.76. The summed E-state index contributed by atoms with van der Waals surface area (Å²) in [5, 5.41) is 3.42. The molecule has 0 saturated carbocycles. The number of carbonyl (C=O) groups is 3. The maximum absolute atomic E-state index is 13.9. The first-order chi connectivity index (χ1) is 16.5. The minimum absolute atomic E-state index is 0.176. The van der Waals surface area contributed by atoms with Crippen molar-refractivity contribution in [1.82, 2.24) is 10.2 Å². The van der Waals surface area contributed by atoms with Crippen LogP contribution >= 0.6 is 0 Å². The molecule has 0 bridgehead atoms. The van der Waals surface area contributed by atoms with Crippen LogP contribution in [0.1, 0.15) is 22.7 Å². The summed E-state index contributed by atoms with van der Waals surface area (Å²) < 4.78 is 5.26. The second kappa shape index (κ2) is 8.88. The number of amides is 2. The summed E-state index contributed by atoms with van der Waals surface area (Å²) >= 11 is 0. The zero-order valence-electron chi connectivity index (χ0n) is 18.9.